The number of carbonyl (C=O) groups excluding carboxylic acids is 1. The average Bonchev–Trinajstić information content (AvgIpc) is 2.96. The van der Waals surface area contributed by atoms with Crippen LogP contribution in [0, 0.1) is 0 Å². The highest BCUT2D eigenvalue weighted by Gasteiger charge is 2.30. The molecule has 0 spiro atoms. The number of nitrogens with one attached hydrogen (secondary N) is 1. The van der Waals surface area contributed by atoms with E-state index in [2.05, 4.69) is 21.8 Å². The van der Waals surface area contributed by atoms with Gasteiger partial charge in [-0.15, -0.1) is 0 Å². The molecule has 0 atom stereocenters. The van der Waals surface area contributed by atoms with Crippen LogP contribution in [0.25, 0.3) is 5.57 Å². The van der Waals surface area contributed by atoms with Crippen molar-refractivity contribution in [2.24, 2.45) is 0 Å². The number of amides is 1. The maximum atomic E-state index is 11.8. The lowest BCUT2D eigenvalue weighted by molar-refractivity contribution is 0.0908. The van der Waals surface area contributed by atoms with Gasteiger partial charge < -0.3 is 19.7 Å². The molecule has 1 aromatic heterocycles. The molecule has 1 aliphatic rings. The number of carboxylic acid groups (broad SMARTS) is 1. The molecule has 0 bridgehead atoms. The minimum atomic E-state index is -1.54. The summed E-state index contributed by atoms with van der Waals surface area (Å²) in [5.74, 6) is -0.996. The van der Waals surface area contributed by atoms with Gasteiger partial charge in [-0.25, -0.2) is 4.79 Å². The molecule has 1 fully saturated rings. The Balaban J connectivity index is 2.29. The largest absolute Gasteiger partial charge is 0.511 e. The molecular weight excluding hydrogens is 240 g/mol. The minimum absolute atomic E-state index is 0.119. The normalized spacial score (nSPS) is 14.1. The van der Waals surface area contributed by atoms with Crippen LogP contribution in [0.15, 0.2) is 11.1 Å². The third-order valence-corrected chi connectivity index (χ3v) is 2.36. The Bertz CT molecular complexity index is 516. The summed E-state index contributed by atoms with van der Waals surface area (Å²) in [6, 6.07) is 0.119. The molecule has 0 unspecified atom stereocenters. The van der Waals surface area contributed by atoms with Gasteiger partial charge in [0.25, 0.3) is 11.7 Å². The van der Waals surface area contributed by atoms with Gasteiger partial charge in [0.2, 0.25) is 5.75 Å². The first-order chi connectivity index (χ1) is 8.49. The van der Waals surface area contributed by atoms with Crippen LogP contribution >= 0.6 is 0 Å². The van der Waals surface area contributed by atoms with Gasteiger partial charge in [0.1, 0.15) is 0 Å². The van der Waals surface area contributed by atoms with Gasteiger partial charge >= 0.3 is 6.16 Å². The van der Waals surface area contributed by atoms with E-state index >= 15 is 0 Å². The first-order valence-corrected chi connectivity index (χ1v) is 5.36. The number of nitrogens with zero attached hydrogens (tertiary/aromatic N) is 1. The Morgan fingerprint density at radius 1 is 1.56 bits per heavy atom. The lowest BCUT2D eigenvalue weighted by atomic mass is 10.2. The Morgan fingerprint density at radius 3 is 2.72 bits per heavy atom. The van der Waals surface area contributed by atoms with Crippen molar-refractivity contribution >= 4 is 17.6 Å². The third kappa shape index (κ3) is 2.50. The molecule has 7 nitrogen and oxygen atoms in total. The molecule has 1 amide bonds. The number of allylic oxidation sites excluding steroid dienone is 1. The first kappa shape index (κ1) is 12.2. The zero-order valence-corrected chi connectivity index (χ0v) is 9.73. The van der Waals surface area contributed by atoms with Crippen LogP contribution < -0.4 is 10.1 Å². The molecular formula is C11H12N2O5. The Labute approximate surface area is 102 Å². The minimum Gasteiger partial charge on any atom is -0.449 e. The van der Waals surface area contributed by atoms with Crippen LogP contribution in [0.4, 0.5) is 4.79 Å². The van der Waals surface area contributed by atoms with Crippen molar-refractivity contribution < 1.29 is 24.0 Å². The fraction of sp³-hybridized carbons (Fsp3) is 0.364. The van der Waals surface area contributed by atoms with E-state index in [1.807, 2.05) is 0 Å². The Hall–Kier alpha value is -2.31. The second-order valence-electron chi connectivity index (χ2n) is 4.09. The molecule has 7 heteroatoms. The molecule has 0 saturated heterocycles. The zero-order valence-electron chi connectivity index (χ0n) is 9.73. The van der Waals surface area contributed by atoms with E-state index in [9.17, 15) is 9.59 Å². The molecule has 96 valence electrons. The maximum absolute atomic E-state index is 11.8. The standard InChI is InChI=1S/C11H12N2O5/c1-5(2)7-8(17-11(15)16)9(18-13-7)10(14)12-6-3-4-6/h6H,1,3-4H2,2H3,(H,12,14)(H,15,16). The van der Waals surface area contributed by atoms with E-state index in [0.717, 1.165) is 12.8 Å². The van der Waals surface area contributed by atoms with E-state index < -0.39 is 12.1 Å². The summed E-state index contributed by atoms with van der Waals surface area (Å²) in [5, 5.41) is 14.9. The average molecular weight is 252 g/mol. The van der Waals surface area contributed by atoms with E-state index in [-0.39, 0.29) is 23.2 Å². The fourth-order valence-electron chi connectivity index (χ4n) is 1.36. The fourth-order valence-corrected chi connectivity index (χ4v) is 1.36. The van der Waals surface area contributed by atoms with Crippen molar-refractivity contribution in [1.82, 2.24) is 10.5 Å². The number of carbonyl (C=O) groups is 2. The lowest BCUT2D eigenvalue weighted by Gasteiger charge is -2.02. The van der Waals surface area contributed by atoms with Crippen LogP contribution in [-0.4, -0.2) is 28.4 Å². The molecule has 1 heterocycles. The molecule has 2 rings (SSSR count). The third-order valence-electron chi connectivity index (χ3n) is 2.36. The predicted octanol–water partition coefficient (Wildman–Crippen LogP) is 1.66. The number of aromatic nitrogens is 1. The SMILES string of the molecule is C=C(C)c1noc(C(=O)NC2CC2)c1OC(=O)O. The number of hydrogen-bond acceptors (Lipinski definition) is 5. The monoisotopic (exact) mass is 252 g/mol. The van der Waals surface area contributed by atoms with Crippen LogP contribution in [0.5, 0.6) is 5.75 Å². The van der Waals surface area contributed by atoms with Gasteiger partial charge in [-0.05, 0) is 25.3 Å². The van der Waals surface area contributed by atoms with Gasteiger partial charge in [-0.2, -0.15) is 0 Å². The second-order valence-corrected chi connectivity index (χ2v) is 4.09. The quantitative estimate of drug-likeness (QED) is 0.790. The number of ether oxygens (including phenoxy) is 1. The smallest absolute Gasteiger partial charge is 0.449 e. The van der Waals surface area contributed by atoms with Crippen molar-refractivity contribution in [1.29, 1.82) is 0 Å². The summed E-state index contributed by atoms with van der Waals surface area (Å²) in [6.07, 6.45) is 0.270. The molecule has 2 N–H and O–H groups in total. The highest BCUT2D eigenvalue weighted by molar-refractivity contribution is 5.96. The van der Waals surface area contributed by atoms with Crippen LogP contribution in [-0.2, 0) is 0 Å². The van der Waals surface area contributed by atoms with Crippen molar-refractivity contribution in [2.45, 2.75) is 25.8 Å². The summed E-state index contributed by atoms with van der Waals surface area (Å²) in [7, 11) is 0. The van der Waals surface area contributed by atoms with Gasteiger partial charge in [0, 0.05) is 6.04 Å². The van der Waals surface area contributed by atoms with Gasteiger partial charge in [-0.3, -0.25) is 4.79 Å². The zero-order chi connectivity index (χ0) is 13.3. The van der Waals surface area contributed by atoms with E-state index in [4.69, 9.17) is 9.63 Å². The van der Waals surface area contributed by atoms with Gasteiger partial charge in [-0.1, -0.05) is 11.7 Å². The van der Waals surface area contributed by atoms with Gasteiger partial charge in [0.05, 0.1) is 0 Å². The summed E-state index contributed by atoms with van der Waals surface area (Å²) >= 11 is 0. The first-order valence-electron chi connectivity index (χ1n) is 5.36. The van der Waals surface area contributed by atoms with Gasteiger partial charge in [0.15, 0.2) is 5.69 Å². The van der Waals surface area contributed by atoms with Crippen LogP contribution in [0.2, 0.25) is 0 Å². The lowest BCUT2D eigenvalue weighted by Crippen LogP contribution is -2.25. The molecule has 0 aromatic carbocycles. The topological polar surface area (TPSA) is 102 Å². The van der Waals surface area contributed by atoms with Crippen LogP contribution in [0.1, 0.15) is 36.0 Å². The van der Waals surface area contributed by atoms with E-state index in [1.165, 1.54) is 0 Å². The summed E-state index contributed by atoms with van der Waals surface area (Å²) in [5.41, 5.74) is 0.568. The predicted molar refractivity (Wildman–Crippen MR) is 60.4 cm³/mol. The van der Waals surface area contributed by atoms with Crippen LogP contribution in [0.3, 0.4) is 0 Å². The van der Waals surface area contributed by atoms with Crippen molar-refractivity contribution in [3.8, 4) is 5.75 Å². The molecule has 1 saturated carbocycles. The van der Waals surface area contributed by atoms with E-state index in [1.54, 1.807) is 6.92 Å². The van der Waals surface area contributed by atoms with Crippen molar-refractivity contribution in [2.75, 3.05) is 0 Å². The summed E-state index contributed by atoms with van der Waals surface area (Å²) in [4.78, 5) is 22.4. The molecule has 1 aromatic rings. The Kier molecular flexibility index (Phi) is 3.05. The molecule has 18 heavy (non-hydrogen) atoms. The van der Waals surface area contributed by atoms with Crippen molar-refractivity contribution in [3.05, 3.63) is 18.0 Å². The van der Waals surface area contributed by atoms with E-state index in [0.29, 0.717) is 5.57 Å². The maximum Gasteiger partial charge on any atom is 0.511 e. The molecule has 0 radical (unpaired) electrons. The molecule has 1 aliphatic carbocycles. The highest BCUT2D eigenvalue weighted by atomic mass is 16.7. The molecule has 0 aliphatic heterocycles. The highest BCUT2D eigenvalue weighted by Crippen LogP contribution is 2.29. The second kappa shape index (κ2) is 4.52. The summed E-state index contributed by atoms with van der Waals surface area (Å²) in [6.45, 7) is 5.22. The number of hydrogen-bond donors (Lipinski definition) is 2. The Morgan fingerprint density at radius 2 is 2.22 bits per heavy atom. The number of rotatable bonds is 4. The van der Waals surface area contributed by atoms with Crippen molar-refractivity contribution in [3.63, 3.8) is 0 Å². The summed E-state index contributed by atoms with van der Waals surface area (Å²) < 4.78 is 9.38.